The summed E-state index contributed by atoms with van der Waals surface area (Å²) in [5.74, 6) is 0.723. The number of hydrogen-bond acceptors (Lipinski definition) is 1. The van der Waals surface area contributed by atoms with Crippen LogP contribution in [0.1, 0.15) is 5.69 Å². The number of hydrogen-bond donors (Lipinski definition) is 0. The monoisotopic (exact) mass is 209 g/mol. The van der Waals surface area contributed by atoms with Crippen LogP contribution >= 0.6 is 11.6 Å². The van der Waals surface area contributed by atoms with Gasteiger partial charge in [0.2, 0.25) is 0 Å². The number of halogens is 1. The molecule has 0 aliphatic rings. The molecule has 0 unspecified atom stereocenters. The van der Waals surface area contributed by atoms with Gasteiger partial charge in [0.05, 0.1) is 17.6 Å². The fourth-order valence-electron chi connectivity index (χ4n) is 1.63. The lowest BCUT2D eigenvalue weighted by atomic mass is 10.2. The van der Waals surface area contributed by atoms with E-state index in [1.807, 2.05) is 19.2 Å². The molecule has 1 aromatic heterocycles. The smallest absolute Gasteiger partial charge is 0.139 e. The van der Waals surface area contributed by atoms with E-state index >= 15 is 0 Å². The number of ether oxygens (including phenoxy) is 1. The maximum Gasteiger partial charge on any atom is 0.139 e. The predicted octanol–water partition coefficient (Wildman–Crippen LogP) is 3.15. The first-order chi connectivity index (χ1) is 6.63. The van der Waals surface area contributed by atoms with Crippen molar-refractivity contribution in [2.75, 3.05) is 7.11 Å². The molecule has 0 atom stereocenters. The molecule has 3 heteroatoms. The van der Waals surface area contributed by atoms with E-state index in [4.69, 9.17) is 16.3 Å². The van der Waals surface area contributed by atoms with Crippen molar-refractivity contribution in [1.29, 1.82) is 0 Å². The van der Waals surface area contributed by atoms with Crippen LogP contribution in [0.15, 0.2) is 18.2 Å². The second-order valence-electron chi connectivity index (χ2n) is 3.39. The number of nitrogens with zero attached hydrogens (tertiary/aromatic N) is 1. The van der Waals surface area contributed by atoms with Crippen LogP contribution in [0.25, 0.3) is 10.9 Å². The first-order valence-corrected chi connectivity index (χ1v) is 4.81. The van der Waals surface area contributed by atoms with Gasteiger partial charge in [0, 0.05) is 24.2 Å². The van der Waals surface area contributed by atoms with Crippen LogP contribution in [-0.2, 0) is 7.05 Å². The van der Waals surface area contributed by atoms with E-state index in [1.165, 1.54) is 5.69 Å². The highest BCUT2D eigenvalue weighted by Crippen LogP contribution is 2.31. The Kier molecular flexibility index (Phi) is 2.16. The number of aryl methyl sites for hydroxylation is 2. The minimum Gasteiger partial charge on any atom is -0.495 e. The maximum atomic E-state index is 6.03. The summed E-state index contributed by atoms with van der Waals surface area (Å²) in [7, 11) is 3.66. The van der Waals surface area contributed by atoms with Crippen molar-refractivity contribution in [3.63, 3.8) is 0 Å². The third-order valence-electron chi connectivity index (χ3n) is 2.56. The van der Waals surface area contributed by atoms with Crippen molar-refractivity contribution >= 4 is 22.5 Å². The summed E-state index contributed by atoms with van der Waals surface area (Å²) >= 11 is 6.03. The van der Waals surface area contributed by atoms with Crippen molar-refractivity contribution in [3.8, 4) is 5.75 Å². The Balaban J connectivity index is 2.80. The predicted molar refractivity (Wildman–Crippen MR) is 59.2 cm³/mol. The molecule has 74 valence electrons. The Hall–Kier alpha value is -1.15. The number of methoxy groups -OCH3 is 1. The van der Waals surface area contributed by atoms with E-state index in [9.17, 15) is 0 Å². The van der Waals surface area contributed by atoms with Crippen molar-refractivity contribution in [2.24, 2.45) is 7.05 Å². The molecule has 0 saturated carbocycles. The molecular weight excluding hydrogens is 198 g/mol. The normalized spacial score (nSPS) is 10.9. The molecule has 14 heavy (non-hydrogen) atoms. The number of fused-ring (bicyclic) bond motifs is 1. The Morgan fingerprint density at radius 1 is 1.29 bits per heavy atom. The molecule has 0 amide bonds. The summed E-state index contributed by atoms with van der Waals surface area (Å²) in [6.45, 7) is 2.07. The first-order valence-electron chi connectivity index (χ1n) is 4.43. The molecule has 0 saturated heterocycles. The highest BCUT2D eigenvalue weighted by molar-refractivity contribution is 6.32. The lowest BCUT2D eigenvalue weighted by Gasteiger charge is -2.04. The average molecular weight is 210 g/mol. The van der Waals surface area contributed by atoms with Crippen molar-refractivity contribution < 1.29 is 4.74 Å². The summed E-state index contributed by atoms with van der Waals surface area (Å²) in [6, 6.07) is 6.01. The zero-order chi connectivity index (χ0) is 10.3. The van der Waals surface area contributed by atoms with Crippen molar-refractivity contribution in [2.45, 2.75) is 6.92 Å². The Bertz CT molecular complexity index is 487. The van der Waals surface area contributed by atoms with Crippen molar-refractivity contribution in [1.82, 2.24) is 4.57 Å². The lowest BCUT2D eigenvalue weighted by Crippen LogP contribution is -1.90. The summed E-state index contributed by atoms with van der Waals surface area (Å²) in [5.41, 5.74) is 2.35. The topological polar surface area (TPSA) is 14.2 Å². The van der Waals surface area contributed by atoms with Gasteiger partial charge >= 0.3 is 0 Å². The van der Waals surface area contributed by atoms with Gasteiger partial charge in [-0.2, -0.15) is 0 Å². The Labute approximate surface area is 88.0 Å². The van der Waals surface area contributed by atoms with Crippen LogP contribution in [0.3, 0.4) is 0 Å². The zero-order valence-corrected chi connectivity index (χ0v) is 9.22. The largest absolute Gasteiger partial charge is 0.495 e. The molecule has 0 aliphatic heterocycles. The fraction of sp³-hybridized carbons (Fsp3) is 0.273. The van der Waals surface area contributed by atoms with Crippen LogP contribution in [-0.4, -0.2) is 11.7 Å². The molecule has 2 rings (SSSR count). The molecule has 0 spiro atoms. The third-order valence-corrected chi connectivity index (χ3v) is 2.85. The molecular formula is C11H12ClNO. The average Bonchev–Trinajstić information content (AvgIpc) is 2.41. The molecule has 0 radical (unpaired) electrons. The summed E-state index contributed by atoms with van der Waals surface area (Å²) < 4.78 is 7.29. The van der Waals surface area contributed by atoms with Gasteiger partial charge in [0.15, 0.2) is 0 Å². The number of rotatable bonds is 1. The highest BCUT2D eigenvalue weighted by atomic mass is 35.5. The molecule has 2 nitrogen and oxygen atoms in total. The molecule has 1 aromatic carbocycles. The molecule has 0 N–H and O–H groups in total. The first kappa shape index (κ1) is 9.41. The van der Waals surface area contributed by atoms with E-state index in [2.05, 4.69) is 17.6 Å². The van der Waals surface area contributed by atoms with Gasteiger partial charge in [0.25, 0.3) is 0 Å². The van der Waals surface area contributed by atoms with Gasteiger partial charge in [-0.15, -0.1) is 0 Å². The number of aromatic nitrogens is 1. The number of benzene rings is 1. The van der Waals surface area contributed by atoms with E-state index in [0.29, 0.717) is 5.02 Å². The van der Waals surface area contributed by atoms with Gasteiger partial charge in [-0.25, -0.2) is 0 Å². The lowest BCUT2D eigenvalue weighted by molar-refractivity contribution is 0.415. The van der Waals surface area contributed by atoms with Crippen LogP contribution in [0, 0.1) is 6.92 Å². The van der Waals surface area contributed by atoms with Crippen LogP contribution in [0.4, 0.5) is 0 Å². The minimum absolute atomic E-state index is 0.658. The summed E-state index contributed by atoms with van der Waals surface area (Å²) in [6.07, 6.45) is 0. The van der Waals surface area contributed by atoms with Crippen molar-refractivity contribution in [3.05, 3.63) is 28.9 Å². The SMILES string of the molecule is COc1cc2c(cc1Cl)cc(C)n2C. The van der Waals surface area contributed by atoms with E-state index in [1.54, 1.807) is 7.11 Å². The standard InChI is InChI=1S/C11H12ClNO/c1-7-4-8-5-9(12)11(14-3)6-10(8)13(7)2/h4-6H,1-3H3. The molecule has 0 fully saturated rings. The quantitative estimate of drug-likeness (QED) is 0.704. The zero-order valence-electron chi connectivity index (χ0n) is 8.47. The minimum atomic E-state index is 0.658. The van der Waals surface area contributed by atoms with Crippen LogP contribution < -0.4 is 4.74 Å². The summed E-state index contributed by atoms with van der Waals surface area (Å²) in [4.78, 5) is 0. The highest BCUT2D eigenvalue weighted by Gasteiger charge is 2.07. The van der Waals surface area contributed by atoms with Gasteiger partial charge < -0.3 is 9.30 Å². The van der Waals surface area contributed by atoms with Gasteiger partial charge in [-0.3, -0.25) is 0 Å². The second kappa shape index (κ2) is 3.21. The van der Waals surface area contributed by atoms with Crippen LogP contribution in [0.5, 0.6) is 5.75 Å². The third kappa shape index (κ3) is 1.26. The van der Waals surface area contributed by atoms with Gasteiger partial charge in [0.1, 0.15) is 5.75 Å². The Morgan fingerprint density at radius 3 is 2.64 bits per heavy atom. The maximum absolute atomic E-state index is 6.03. The fourth-order valence-corrected chi connectivity index (χ4v) is 1.88. The molecule has 1 heterocycles. The molecule has 0 bridgehead atoms. The van der Waals surface area contributed by atoms with E-state index in [0.717, 1.165) is 16.7 Å². The van der Waals surface area contributed by atoms with E-state index < -0.39 is 0 Å². The molecule has 0 aliphatic carbocycles. The van der Waals surface area contributed by atoms with E-state index in [-0.39, 0.29) is 0 Å². The van der Waals surface area contributed by atoms with Crippen LogP contribution in [0.2, 0.25) is 5.02 Å². The Morgan fingerprint density at radius 2 is 2.00 bits per heavy atom. The second-order valence-corrected chi connectivity index (χ2v) is 3.80. The summed E-state index contributed by atoms with van der Waals surface area (Å²) in [5, 5.41) is 1.81. The van der Waals surface area contributed by atoms with Gasteiger partial charge in [-0.1, -0.05) is 11.6 Å². The van der Waals surface area contributed by atoms with Gasteiger partial charge in [-0.05, 0) is 19.1 Å². The molecule has 2 aromatic rings.